The summed E-state index contributed by atoms with van der Waals surface area (Å²) in [5, 5.41) is 0. The third kappa shape index (κ3) is 3.77. The van der Waals surface area contributed by atoms with Crippen molar-refractivity contribution in [1.29, 1.82) is 0 Å². The maximum Gasteiger partial charge on any atom is 0.234 e. The first-order chi connectivity index (χ1) is 6.25. The zero-order valence-electron chi connectivity index (χ0n) is 9.05. The third-order valence-electron chi connectivity index (χ3n) is 2.30. The molecule has 0 radical (unpaired) electrons. The van der Waals surface area contributed by atoms with Crippen molar-refractivity contribution >= 4 is 5.91 Å². The molecule has 78 valence electrons. The van der Waals surface area contributed by atoms with Crippen LogP contribution < -0.4 is 5.73 Å². The lowest BCUT2D eigenvalue weighted by atomic mass is 10.2. The molecule has 0 aliphatic carbocycles. The number of rotatable bonds is 3. The van der Waals surface area contributed by atoms with E-state index in [2.05, 4.69) is 4.90 Å². The zero-order chi connectivity index (χ0) is 10.3. The van der Waals surface area contributed by atoms with Gasteiger partial charge in [-0.2, -0.15) is 0 Å². The quantitative estimate of drug-likeness (QED) is 0.723. The Morgan fingerprint density at radius 1 is 1.38 bits per heavy atom. The molecule has 13 heavy (non-hydrogen) atoms. The topological polar surface area (TPSA) is 46.3 Å². The normalized spacial score (nSPS) is 19.0. The van der Waals surface area contributed by atoms with Crippen LogP contribution in [0.5, 0.6) is 0 Å². The van der Waals surface area contributed by atoms with E-state index in [9.17, 15) is 4.79 Å². The number of nitrogens with two attached hydrogens (primary N) is 1. The van der Waals surface area contributed by atoms with E-state index in [1.165, 1.54) is 12.8 Å². The first-order valence-electron chi connectivity index (χ1n) is 5.29. The SMILES string of the molecule is CC.CC[C@@H](C(N)=O)N1CCCC1. The van der Waals surface area contributed by atoms with E-state index in [1.807, 2.05) is 20.8 Å². The number of carbonyl (C=O) groups excluding carboxylic acids is 1. The van der Waals surface area contributed by atoms with Gasteiger partial charge in [-0.3, -0.25) is 9.69 Å². The van der Waals surface area contributed by atoms with Crippen molar-refractivity contribution in [3.05, 3.63) is 0 Å². The van der Waals surface area contributed by atoms with Crippen LogP contribution in [0, 0.1) is 0 Å². The summed E-state index contributed by atoms with van der Waals surface area (Å²) in [7, 11) is 0. The highest BCUT2D eigenvalue weighted by Crippen LogP contribution is 2.13. The van der Waals surface area contributed by atoms with Crippen molar-refractivity contribution in [2.75, 3.05) is 13.1 Å². The Hall–Kier alpha value is -0.570. The average Bonchev–Trinajstić information content (AvgIpc) is 2.62. The van der Waals surface area contributed by atoms with Crippen LogP contribution in [-0.4, -0.2) is 29.9 Å². The summed E-state index contributed by atoms with van der Waals surface area (Å²) in [5.41, 5.74) is 5.25. The van der Waals surface area contributed by atoms with Gasteiger partial charge in [0.1, 0.15) is 0 Å². The number of primary amides is 1. The van der Waals surface area contributed by atoms with E-state index in [0.29, 0.717) is 0 Å². The number of amides is 1. The highest BCUT2D eigenvalue weighted by molar-refractivity contribution is 5.79. The van der Waals surface area contributed by atoms with Gasteiger partial charge >= 0.3 is 0 Å². The maximum atomic E-state index is 10.9. The van der Waals surface area contributed by atoms with E-state index >= 15 is 0 Å². The molecule has 2 N–H and O–H groups in total. The van der Waals surface area contributed by atoms with Gasteiger partial charge in [0.25, 0.3) is 0 Å². The molecule has 1 rings (SSSR count). The van der Waals surface area contributed by atoms with Gasteiger partial charge in [-0.25, -0.2) is 0 Å². The second-order valence-corrected chi connectivity index (χ2v) is 3.07. The number of likely N-dealkylation sites (tertiary alicyclic amines) is 1. The molecule has 1 heterocycles. The van der Waals surface area contributed by atoms with Gasteiger partial charge in [0.05, 0.1) is 6.04 Å². The molecular formula is C10H22N2O. The molecule has 0 spiro atoms. The lowest BCUT2D eigenvalue weighted by Crippen LogP contribution is -2.42. The number of hydrogen-bond donors (Lipinski definition) is 1. The van der Waals surface area contributed by atoms with Gasteiger partial charge in [-0.1, -0.05) is 20.8 Å². The van der Waals surface area contributed by atoms with Crippen LogP contribution in [0.4, 0.5) is 0 Å². The largest absolute Gasteiger partial charge is 0.368 e. The summed E-state index contributed by atoms with van der Waals surface area (Å²) in [4.78, 5) is 13.1. The van der Waals surface area contributed by atoms with Gasteiger partial charge in [0.2, 0.25) is 5.91 Å². The Labute approximate surface area is 81.3 Å². The van der Waals surface area contributed by atoms with Gasteiger partial charge in [0.15, 0.2) is 0 Å². The van der Waals surface area contributed by atoms with Crippen LogP contribution in [0.3, 0.4) is 0 Å². The molecule has 0 aromatic heterocycles. The van der Waals surface area contributed by atoms with Gasteiger partial charge in [-0.15, -0.1) is 0 Å². The van der Waals surface area contributed by atoms with Crippen molar-refractivity contribution in [1.82, 2.24) is 4.90 Å². The summed E-state index contributed by atoms with van der Waals surface area (Å²) in [5.74, 6) is -0.172. The predicted octanol–water partition coefficient (Wildman–Crippen LogP) is 1.37. The van der Waals surface area contributed by atoms with Gasteiger partial charge in [0, 0.05) is 0 Å². The van der Waals surface area contributed by atoms with Crippen LogP contribution >= 0.6 is 0 Å². The maximum absolute atomic E-state index is 10.9. The van der Waals surface area contributed by atoms with Gasteiger partial charge < -0.3 is 5.73 Å². The Bertz CT molecular complexity index is 142. The summed E-state index contributed by atoms with van der Waals surface area (Å²) in [6.45, 7) is 8.09. The van der Waals surface area contributed by atoms with E-state index in [1.54, 1.807) is 0 Å². The number of hydrogen-bond acceptors (Lipinski definition) is 2. The number of nitrogens with zero attached hydrogens (tertiary/aromatic N) is 1. The summed E-state index contributed by atoms with van der Waals surface area (Å²) in [6.07, 6.45) is 3.27. The van der Waals surface area contributed by atoms with Crippen LogP contribution in [0.25, 0.3) is 0 Å². The molecular weight excluding hydrogens is 164 g/mol. The first-order valence-corrected chi connectivity index (χ1v) is 5.29. The first kappa shape index (κ1) is 12.4. The summed E-state index contributed by atoms with van der Waals surface area (Å²) >= 11 is 0. The summed E-state index contributed by atoms with van der Waals surface area (Å²) in [6, 6.07) is -0.0162. The predicted molar refractivity (Wildman–Crippen MR) is 55.4 cm³/mol. The minimum Gasteiger partial charge on any atom is -0.368 e. The fourth-order valence-electron chi connectivity index (χ4n) is 1.69. The second kappa shape index (κ2) is 6.89. The van der Waals surface area contributed by atoms with Crippen LogP contribution in [0.2, 0.25) is 0 Å². The molecule has 0 unspecified atom stereocenters. The van der Waals surface area contributed by atoms with Crippen molar-refractivity contribution in [3.63, 3.8) is 0 Å². The number of carbonyl (C=O) groups is 1. The third-order valence-corrected chi connectivity index (χ3v) is 2.30. The molecule has 1 fully saturated rings. The van der Waals surface area contributed by atoms with Gasteiger partial charge in [-0.05, 0) is 32.4 Å². The minimum atomic E-state index is -0.172. The minimum absolute atomic E-state index is 0.0162. The van der Waals surface area contributed by atoms with Crippen molar-refractivity contribution in [2.45, 2.75) is 46.1 Å². The van der Waals surface area contributed by atoms with Crippen molar-refractivity contribution in [2.24, 2.45) is 5.73 Å². The molecule has 1 atom stereocenters. The molecule has 1 aliphatic heterocycles. The molecule has 1 saturated heterocycles. The molecule has 1 amide bonds. The smallest absolute Gasteiger partial charge is 0.234 e. The zero-order valence-corrected chi connectivity index (χ0v) is 9.05. The molecule has 0 bridgehead atoms. The van der Waals surface area contributed by atoms with E-state index in [-0.39, 0.29) is 11.9 Å². The van der Waals surface area contributed by atoms with Crippen LogP contribution in [0.15, 0.2) is 0 Å². The van der Waals surface area contributed by atoms with Crippen LogP contribution in [0.1, 0.15) is 40.0 Å². The fourth-order valence-corrected chi connectivity index (χ4v) is 1.69. The standard InChI is InChI=1S/C8H16N2O.C2H6/c1-2-7(8(9)11)10-5-3-4-6-10;1-2/h7H,2-6H2,1H3,(H2,9,11);1-2H3/t7-;/m0./s1. The Kier molecular flexibility index (Phi) is 6.59. The molecule has 0 aromatic rings. The summed E-state index contributed by atoms with van der Waals surface area (Å²) < 4.78 is 0. The van der Waals surface area contributed by atoms with E-state index in [0.717, 1.165) is 19.5 Å². The van der Waals surface area contributed by atoms with E-state index < -0.39 is 0 Å². The Morgan fingerprint density at radius 3 is 2.15 bits per heavy atom. The molecule has 3 heteroatoms. The molecule has 1 aliphatic rings. The lowest BCUT2D eigenvalue weighted by Gasteiger charge is -2.22. The average molecular weight is 186 g/mol. The monoisotopic (exact) mass is 186 g/mol. The lowest BCUT2D eigenvalue weighted by molar-refractivity contribution is -0.122. The fraction of sp³-hybridized carbons (Fsp3) is 0.900. The van der Waals surface area contributed by atoms with Crippen molar-refractivity contribution < 1.29 is 4.79 Å². The molecule has 0 saturated carbocycles. The Balaban J connectivity index is 0.000000671. The van der Waals surface area contributed by atoms with Crippen LogP contribution in [-0.2, 0) is 4.79 Å². The highest BCUT2D eigenvalue weighted by Gasteiger charge is 2.23. The van der Waals surface area contributed by atoms with E-state index in [4.69, 9.17) is 5.73 Å². The Morgan fingerprint density at radius 2 is 1.85 bits per heavy atom. The molecule has 0 aromatic carbocycles. The molecule has 3 nitrogen and oxygen atoms in total. The van der Waals surface area contributed by atoms with Crippen molar-refractivity contribution in [3.8, 4) is 0 Å². The highest BCUT2D eigenvalue weighted by atomic mass is 16.1. The second-order valence-electron chi connectivity index (χ2n) is 3.07.